The first-order valence-corrected chi connectivity index (χ1v) is 6.57. The molecule has 0 saturated carbocycles. The molecule has 5 nitrogen and oxygen atoms in total. The second-order valence-electron chi connectivity index (χ2n) is 4.44. The van der Waals surface area contributed by atoms with E-state index in [4.69, 9.17) is 0 Å². The van der Waals surface area contributed by atoms with Crippen LogP contribution in [0, 0.1) is 0 Å². The first-order chi connectivity index (χ1) is 10.7. The number of nitrogens with one attached hydrogen (secondary N) is 1. The molecular formula is C15H12F2N4O. The Hall–Kier alpha value is -2.83. The van der Waals surface area contributed by atoms with Crippen LogP contribution in [0.15, 0.2) is 48.8 Å². The molecule has 0 atom stereocenters. The summed E-state index contributed by atoms with van der Waals surface area (Å²) in [7, 11) is 0. The van der Waals surface area contributed by atoms with Crippen molar-refractivity contribution in [3.63, 3.8) is 0 Å². The van der Waals surface area contributed by atoms with Crippen molar-refractivity contribution >= 4 is 17.0 Å². The highest BCUT2D eigenvalue weighted by Gasteiger charge is 2.09. The van der Waals surface area contributed by atoms with Gasteiger partial charge >= 0.3 is 6.61 Å². The van der Waals surface area contributed by atoms with Gasteiger partial charge in [-0.2, -0.15) is 8.78 Å². The summed E-state index contributed by atoms with van der Waals surface area (Å²) in [6, 6.07) is 10.2. The number of aromatic nitrogens is 3. The van der Waals surface area contributed by atoms with E-state index in [1.807, 2.05) is 0 Å². The molecule has 0 aliphatic carbocycles. The minimum absolute atomic E-state index is 0.144. The summed E-state index contributed by atoms with van der Waals surface area (Å²) in [6.07, 6.45) is 3.15. The van der Waals surface area contributed by atoms with Gasteiger partial charge in [-0.1, -0.05) is 18.2 Å². The molecule has 7 heteroatoms. The summed E-state index contributed by atoms with van der Waals surface area (Å²) in [5.74, 6) is 0.727. The zero-order valence-electron chi connectivity index (χ0n) is 11.4. The van der Waals surface area contributed by atoms with Crippen LogP contribution in [0.5, 0.6) is 5.75 Å². The zero-order valence-corrected chi connectivity index (χ0v) is 11.4. The highest BCUT2D eigenvalue weighted by Crippen LogP contribution is 2.21. The first kappa shape index (κ1) is 14.1. The minimum atomic E-state index is -2.85. The number of ether oxygens (including phenoxy) is 1. The number of benzene rings is 1. The van der Waals surface area contributed by atoms with Gasteiger partial charge in [0.05, 0.1) is 0 Å². The van der Waals surface area contributed by atoms with Crippen LogP contribution >= 0.6 is 0 Å². The van der Waals surface area contributed by atoms with Crippen LogP contribution in [0.3, 0.4) is 0 Å². The molecule has 0 saturated heterocycles. The van der Waals surface area contributed by atoms with Crippen molar-refractivity contribution in [1.82, 2.24) is 15.0 Å². The number of hydrogen-bond donors (Lipinski definition) is 1. The van der Waals surface area contributed by atoms with E-state index in [9.17, 15) is 8.78 Å². The van der Waals surface area contributed by atoms with Crippen molar-refractivity contribution in [3.05, 3.63) is 54.4 Å². The quantitative estimate of drug-likeness (QED) is 0.784. The number of hydrogen-bond acceptors (Lipinski definition) is 5. The summed E-state index contributed by atoms with van der Waals surface area (Å²) in [5, 5.41) is 3.06. The minimum Gasteiger partial charge on any atom is -0.434 e. The predicted octanol–water partition coefficient (Wildman–Crippen LogP) is 3.24. The summed E-state index contributed by atoms with van der Waals surface area (Å²) >= 11 is 0. The molecular weight excluding hydrogens is 290 g/mol. The van der Waals surface area contributed by atoms with Crippen LogP contribution in [0.4, 0.5) is 14.6 Å². The van der Waals surface area contributed by atoms with Gasteiger partial charge in [0.1, 0.15) is 17.1 Å². The third-order valence-corrected chi connectivity index (χ3v) is 2.98. The smallest absolute Gasteiger partial charge is 0.387 e. The molecule has 0 spiro atoms. The molecule has 0 fully saturated rings. The number of pyridine rings is 1. The highest BCUT2D eigenvalue weighted by molar-refractivity contribution is 5.71. The molecule has 0 radical (unpaired) electrons. The summed E-state index contributed by atoms with van der Waals surface area (Å²) in [4.78, 5) is 12.6. The maximum absolute atomic E-state index is 12.4. The Kier molecular flexibility index (Phi) is 4.04. The predicted molar refractivity (Wildman–Crippen MR) is 77.7 cm³/mol. The lowest BCUT2D eigenvalue weighted by molar-refractivity contribution is -0.0504. The average molecular weight is 302 g/mol. The SMILES string of the molecule is FC(F)Oc1ccccc1CNc1ccc2nccnc2n1. The van der Waals surface area contributed by atoms with Crippen molar-refractivity contribution < 1.29 is 13.5 Å². The second kappa shape index (κ2) is 6.30. The number of halogens is 2. The molecule has 3 aromatic rings. The Balaban J connectivity index is 1.76. The Morgan fingerprint density at radius 3 is 2.73 bits per heavy atom. The topological polar surface area (TPSA) is 59.9 Å². The molecule has 0 aliphatic heterocycles. The van der Waals surface area contributed by atoms with E-state index in [1.165, 1.54) is 6.07 Å². The highest BCUT2D eigenvalue weighted by atomic mass is 19.3. The molecule has 0 aliphatic rings. The van der Waals surface area contributed by atoms with Crippen molar-refractivity contribution in [3.8, 4) is 5.75 Å². The van der Waals surface area contributed by atoms with E-state index in [-0.39, 0.29) is 5.75 Å². The van der Waals surface area contributed by atoms with Gasteiger partial charge in [-0.05, 0) is 18.2 Å². The Morgan fingerprint density at radius 1 is 1.05 bits per heavy atom. The van der Waals surface area contributed by atoms with Gasteiger partial charge in [0.15, 0.2) is 5.65 Å². The Bertz CT molecular complexity index is 782. The van der Waals surface area contributed by atoms with Crippen LogP contribution in [0.2, 0.25) is 0 Å². The van der Waals surface area contributed by atoms with E-state index >= 15 is 0 Å². The molecule has 112 valence electrons. The lowest BCUT2D eigenvalue weighted by Crippen LogP contribution is -2.07. The van der Waals surface area contributed by atoms with Crippen LogP contribution < -0.4 is 10.1 Å². The Labute approximate surface area is 125 Å². The number of fused-ring (bicyclic) bond motifs is 1. The summed E-state index contributed by atoms with van der Waals surface area (Å²) < 4.78 is 29.2. The molecule has 3 rings (SSSR count). The summed E-state index contributed by atoms with van der Waals surface area (Å²) in [6.45, 7) is -2.54. The molecule has 2 aromatic heterocycles. The van der Waals surface area contributed by atoms with Gasteiger partial charge in [-0.3, -0.25) is 4.98 Å². The Morgan fingerprint density at radius 2 is 1.86 bits per heavy atom. The van der Waals surface area contributed by atoms with Gasteiger partial charge in [0.2, 0.25) is 0 Å². The fraction of sp³-hybridized carbons (Fsp3) is 0.133. The third kappa shape index (κ3) is 3.25. The number of para-hydroxylation sites is 1. The number of nitrogens with zero attached hydrogens (tertiary/aromatic N) is 3. The van der Waals surface area contributed by atoms with Crippen LogP contribution in [0.25, 0.3) is 11.2 Å². The van der Waals surface area contributed by atoms with Crippen molar-refractivity contribution in [1.29, 1.82) is 0 Å². The van der Waals surface area contributed by atoms with Crippen LogP contribution in [0.1, 0.15) is 5.56 Å². The lowest BCUT2D eigenvalue weighted by atomic mass is 10.2. The van der Waals surface area contributed by atoms with Gasteiger partial charge in [-0.25, -0.2) is 9.97 Å². The van der Waals surface area contributed by atoms with Crippen molar-refractivity contribution in [2.75, 3.05) is 5.32 Å². The molecule has 2 heterocycles. The standard InChI is InChI=1S/C15H12F2N4O/c16-15(17)22-12-4-2-1-3-10(12)9-20-13-6-5-11-14(21-13)19-8-7-18-11/h1-8,15H,9H2,(H,19,20,21). The van der Waals surface area contributed by atoms with E-state index in [0.29, 0.717) is 29.1 Å². The fourth-order valence-electron chi connectivity index (χ4n) is 2.00. The first-order valence-electron chi connectivity index (χ1n) is 6.57. The van der Waals surface area contributed by atoms with E-state index in [0.717, 1.165) is 0 Å². The number of anilines is 1. The van der Waals surface area contributed by atoms with Gasteiger partial charge < -0.3 is 10.1 Å². The second-order valence-corrected chi connectivity index (χ2v) is 4.44. The van der Waals surface area contributed by atoms with Gasteiger partial charge in [0.25, 0.3) is 0 Å². The van der Waals surface area contributed by atoms with Gasteiger partial charge in [0, 0.05) is 24.5 Å². The number of rotatable bonds is 5. The normalized spacial score (nSPS) is 10.9. The number of alkyl halides is 2. The van der Waals surface area contributed by atoms with Crippen LogP contribution in [-0.2, 0) is 6.54 Å². The maximum Gasteiger partial charge on any atom is 0.387 e. The summed E-state index contributed by atoms with van der Waals surface area (Å²) in [5.41, 5.74) is 1.82. The molecule has 1 N–H and O–H groups in total. The fourth-order valence-corrected chi connectivity index (χ4v) is 2.00. The van der Waals surface area contributed by atoms with E-state index in [1.54, 1.807) is 42.7 Å². The molecule has 0 unspecified atom stereocenters. The zero-order chi connectivity index (χ0) is 15.4. The lowest BCUT2D eigenvalue weighted by Gasteiger charge is -2.11. The van der Waals surface area contributed by atoms with Gasteiger partial charge in [-0.15, -0.1) is 0 Å². The van der Waals surface area contributed by atoms with Crippen molar-refractivity contribution in [2.24, 2.45) is 0 Å². The largest absolute Gasteiger partial charge is 0.434 e. The molecule has 0 bridgehead atoms. The molecule has 1 aromatic carbocycles. The maximum atomic E-state index is 12.4. The third-order valence-electron chi connectivity index (χ3n) is 2.98. The van der Waals surface area contributed by atoms with Crippen LogP contribution in [-0.4, -0.2) is 21.6 Å². The van der Waals surface area contributed by atoms with E-state index in [2.05, 4.69) is 25.0 Å². The monoisotopic (exact) mass is 302 g/mol. The van der Waals surface area contributed by atoms with E-state index < -0.39 is 6.61 Å². The van der Waals surface area contributed by atoms with Crippen molar-refractivity contribution in [2.45, 2.75) is 13.2 Å². The molecule has 22 heavy (non-hydrogen) atoms. The molecule has 0 amide bonds. The average Bonchev–Trinajstić information content (AvgIpc) is 2.53.